The number of aryl methyl sites for hydroxylation is 1. The van der Waals surface area contributed by atoms with Crippen molar-refractivity contribution in [1.82, 2.24) is 20.0 Å². The number of carbonyl (C=O) groups excluding carboxylic acids is 1. The van der Waals surface area contributed by atoms with Crippen molar-refractivity contribution in [1.29, 1.82) is 0 Å². The third kappa shape index (κ3) is 4.10. The molecule has 1 aromatic heterocycles. The number of methoxy groups -OCH3 is 1. The standard InChI is InChI=1S/C21H34N4O3/c1-16-22-23-20(28-16)18-13-25(19(26)14-27-2)15-21(18)8-10-24(11-9-21)12-17-6-4-3-5-7-17/h17-18H,3-15H2,1-2H3. The summed E-state index contributed by atoms with van der Waals surface area (Å²) in [5, 5.41) is 8.38. The highest BCUT2D eigenvalue weighted by molar-refractivity contribution is 5.78. The Balaban J connectivity index is 1.44. The van der Waals surface area contributed by atoms with Gasteiger partial charge >= 0.3 is 0 Å². The summed E-state index contributed by atoms with van der Waals surface area (Å²) in [6, 6.07) is 0. The zero-order valence-corrected chi connectivity index (χ0v) is 17.4. The summed E-state index contributed by atoms with van der Waals surface area (Å²) < 4.78 is 10.9. The number of ether oxygens (including phenoxy) is 1. The molecule has 0 radical (unpaired) electrons. The van der Waals surface area contributed by atoms with Crippen LogP contribution in [0.3, 0.4) is 0 Å². The predicted octanol–water partition coefficient (Wildman–Crippen LogP) is 2.61. The molecule has 28 heavy (non-hydrogen) atoms. The van der Waals surface area contributed by atoms with Crippen molar-refractivity contribution in [3.8, 4) is 0 Å². The second kappa shape index (κ2) is 8.49. The summed E-state index contributed by atoms with van der Waals surface area (Å²) >= 11 is 0. The van der Waals surface area contributed by atoms with Gasteiger partial charge in [0, 0.05) is 39.1 Å². The van der Waals surface area contributed by atoms with E-state index in [-0.39, 0.29) is 23.8 Å². The van der Waals surface area contributed by atoms with Crippen LogP contribution in [0, 0.1) is 18.3 Å². The molecule has 0 aromatic carbocycles. The van der Waals surface area contributed by atoms with Crippen LogP contribution in [0.25, 0.3) is 0 Å². The largest absolute Gasteiger partial charge is 0.425 e. The lowest BCUT2D eigenvalue weighted by Crippen LogP contribution is -2.45. The number of piperidine rings is 1. The highest BCUT2D eigenvalue weighted by Crippen LogP contribution is 2.49. The van der Waals surface area contributed by atoms with Gasteiger partial charge in [0.1, 0.15) is 6.61 Å². The molecule has 1 saturated carbocycles. The van der Waals surface area contributed by atoms with Gasteiger partial charge < -0.3 is 19.0 Å². The maximum atomic E-state index is 12.5. The van der Waals surface area contributed by atoms with Crippen molar-refractivity contribution in [2.45, 2.75) is 57.8 Å². The molecule has 1 atom stereocenters. The van der Waals surface area contributed by atoms with E-state index in [1.165, 1.54) is 38.6 Å². The maximum Gasteiger partial charge on any atom is 0.248 e. The Kier molecular flexibility index (Phi) is 6.01. The molecule has 1 aliphatic carbocycles. The van der Waals surface area contributed by atoms with Crippen LogP contribution in [-0.4, -0.2) is 72.3 Å². The first-order chi connectivity index (χ1) is 13.6. The summed E-state index contributed by atoms with van der Waals surface area (Å²) in [6.07, 6.45) is 9.17. The molecule has 3 aliphatic rings. The van der Waals surface area contributed by atoms with Gasteiger partial charge in [-0.05, 0) is 44.7 Å². The van der Waals surface area contributed by atoms with Crippen LogP contribution in [0.5, 0.6) is 0 Å². The van der Waals surface area contributed by atoms with Crippen LogP contribution in [0.15, 0.2) is 4.42 Å². The topological polar surface area (TPSA) is 71.7 Å². The fraction of sp³-hybridized carbons (Fsp3) is 0.857. The fourth-order valence-corrected chi connectivity index (χ4v) is 5.59. The lowest BCUT2D eigenvalue weighted by Gasteiger charge is -2.42. The van der Waals surface area contributed by atoms with Gasteiger partial charge in [0.05, 0.1) is 5.92 Å². The van der Waals surface area contributed by atoms with E-state index in [0.29, 0.717) is 18.3 Å². The Morgan fingerprint density at radius 1 is 1.21 bits per heavy atom. The van der Waals surface area contributed by atoms with E-state index in [1.807, 2.05) is 11.8 Å². The summed E-state index contributed by atoms with van der Waals surface area (Å²) in [5.41, 5.74) is 0.0471. The normalized spacial score (nSPS) is 26.2. The second-order valence-electron chi connectivity index (χ2n) is 9.09. The van der Waals surface area contributed by atoms with Gasteiger partial charge in [-0.2, -0.15) is 0 Å². The summed E-state index contributed by atoms with van der Waals surface area (Å²) in [7, 11) is 1.58. The van der Waals surface area contributed by atoms with Gasteiger partial charge in [0.15, 0.2) is 0 Å². The summed E-state index contributed by atoms with van der Waals surface area (Å²) in [4.78, 5) is 17.1. The lowest BCUT2D eigenvalue weighted by molar-refractivity contribution is -0.134. The molecular weight excluding hydrogens is 356 g/mol. The van der Waals surface area contributed by atoms with E-state index in [9.17, 15) is 4.79 Å². The van der Waals surface area contributed by atoms with Crippen LogP contribution in [0.4, 0.5) is 0 Å². The van der Waals surface area contributed by atoms with E-state index in [4.69, 9.17) is 9.15 Å². The Hall–Kier alpha value is -1.47. The van der Waals surface area contributed by atoms with Crippen LogP contribution < -0.4 is 0 Å². The first-order valence-electron chi connectivity index (χ1n) is 10.9. The zero-order valence-electron chi connectivity index (χ0n) is 17.4. The Morgan fingerprint density at radius 3 is 2.61 bits per heavy atom. The average Bonchev–Trinajstić information content (AvgIpc) is 3.29. The molecule has 1 unspecified atom stereocenters. The molecule has 0 bridgehead atoms. The van der Waals surface area contributed by atoms with Crippen molar-refractivity contribution in [2.24, 2.45) is 11.3 Å². The number of nitrogens with zero attached hydrogens (tertiary/aromatic N) is 4. The minimum Gasteiger partial charge on any atom is -0.425 e. The number of aromatic nitrogens is 2. The van der Waals surface area contributed by atoms with Gasteiger partial charge in [0.2, 0.25) is 17.7 Å². The van der Waals surface area contributed by atoms with Crippen molar-refractivity contribution in [2.75, 3.05) is 46.4 Å². The molecule has 1 aromatic rings. The number of hydrogen-bond donors (Lipinski definition) is 0. The maximum absolute atomic E-state index is 12.5. The predicted molar refractivity (Wildman–Crippen MR) is 105 cm³/mol. The third-order valence-electron chi connectivity index (χ3n) is 7.20. The molecular formula is C21H34N4O3. The second-order valence-corrected chi connectivity index (χ2v) is 9.09. The number of carbonyl (C=O) groups is 1. The van der Waals surface area contributed by atoms with Crippen molar-refractivity contribution < 1.29 is 13.9 Å². The molecule has 3 fully saturated rings. The first-order valence-corrected chi connectivity index (χ1v) is 10.9. The Labute approximate surface area is 167 Å². The molecule has 1 spiro atoms. The van der Waals surface area contributed by atoms with Gasteiger partial charge in [0.25, 0.3) is 0 Å². The van der Waals surface area contributed by atoms with E-state index < -0.39 is 0 Å². The molecule has 1 amide bonds. The van der Waals surface area contributed by atoms with Crippen LogP contribution in [0.1, 0.15) is 62.6 Å². The van der Waals surface area contributed by atoms with Gasteiger partial charge in [-0.3, -0.25) is 4.79 Å². The van der Waals surface area contributed by atoms with E-state index >= 15 is 0 Å². The minimum atomic E-state index is 0.0471. The number of amides is 1. The van der Waals surface area contributed by atoms with Gasteiger partial charge in [-0.25, -0.2) is 0 Å². The third-order valence-corrected chi connectivity index (χ3v) is 7.20. The molecule has 2 aliphatic heterocycles. The summed E-state index contributed by atoms with van der Waals surface area (Å²) in [5.74, 6) is 2.37. The number of hydrogen-bond acceptors (Lipinski definition) is 6. The van der Waals surface area contributed by atoms with Crippen molar-refractivity contribution in [3.05, 3.63) is 11.8 Å². The molecule has 4 rings (SSSR count). The highest BCUT2D eigenvalue weighted by Gasteiger charge is 2.52. The lowest BCUT2D eigenvalue weighted by atomic mass is 9.70. The fourth-order valence-electron chi connectivity index (χ4n) is 5.59. The van der Waals surface area contributed by atoms with Gasteiger partial charge in [-0.1, -0.05) is 19.3 Å². The number of rotatable bonds is 5. The molecule has 156 valence electrons. The smallest absolute Gasteiger partial charge is 0.248 e. The Bertz CT molecular complexity index is 662. The molecule has 7 nitrogen and oxygen atoms in total. The molecule has 3 heterocycles. The van der Waals surface area contributed by atoms with Crippen LogP contribution in [0.2, 0.25) is 0 Å². The van der Waals surface area contributed by atoms with E-state index in [2.05, 4.69) is 15.1 Å². The van der Waals surface area contributed by atoms with Crippen LogP contribution >= 0.6 is 0 Å². The average molecular weight is 391 g/mol. The van der Waals surface area contributed by atoms with Gasteiger partial charge in [-0.15, -0.1) is 10.2 Å². The number of likely N-dealkylation sites (tertiary alicyclic amines) is 2. The van der Waals surface area contributed by atoms with E-state index in [1.54, 1.807) is 7.11 Å². The zero-order chi connectivity index (χ0) is 19.6. The van der Waals surface area contributed by atoms with E-state index in [0.717, 1.165) is 38.4 Å². The monoisotopic (exact) mass is 390 g/mol. The SMILES string of the molecule is COCC(=O)N1CC(c2nnc(C)o2)C2(CCN(CC3CCCCC3)CC2)C1. The molecule has 7 heteroatoms. The van der Waals surface area contributed by atoms with Crippen LogP contribution in [-0.2, 0) is 9.53 Å². The molecule has 2 saturated heterocycles. The Morgan fingerprint density at radius 2 is 1.96 bits per heavy atom. The van der Waals surface area contributed by atoms with Crippen molar-refractivity contribution >= 4 is 5.91 Å². The molecule has 0 N–H and O–H groups in total. The highest BCUT2D eigenvalue weighted by atomic mass is 16.5. The first kappa shape index (κ1) is 19.8. The summed E-state index contributed by atoms with van der Waals surface area (Å²) in [6.45, 7) is 6.86. The quantitative estimate of drug-likeness (QED) is 0.770. The van der Waals surface area contributed by atoms with Crippen molar-refractivity contribution in [3.63, 3.8) is 0 Å². The minimum absolute atomic E-state index is 0.0471.